The van der Waals surface area contributed by atoms with Gasteiger partial charge < -0.3 is 15.7 Å². The predicted octanol–water partition coefficient (Wildman–Crippen LogP) is 2.26. The molecular weight excluding hydrogens is 216 g/mol. The molecule has 1 aromatic carbocycles. The van der Waals surface area contributed by atoms with Crippen LogP contribution in [0.4, 0.5) is 11.4 Å². The summed E-state index contributed by atoms with van der Waals surface area (Å²) in [6.07, 6.45) is 2.32. The van der Waals surface area contributed by atoms with Gasteiger partial charge in [0.05, 0.1) is 5.56 Å². The smallest absolute Gasteiger partial charge is 0.337 e. The molecule has 1 fully saturated rings. The van der Waals surface area contributed by atoms with E-state index in [1.54, 1.807) is 6.07 Å². The zero-order chi connectivity index (χ0) is 12.6. The van der Waals surface area contributed by atoms with Gasteiger partial charge >= 0.3 is 5.97 Å². The Morgan fingerprint density at radius 2 is 2.24 bits per heavy atom. The molecule has 3 N–H and O–H groups in total. The molecule has 0 aliphatic carbocycles. The van der Waals surface area contributed by atoms with Crippen molar-refractivity contribution in [2.24, 2.45) is 0 Å². The second-order valence-electron chi connectivity index (χ2n) is 4.71. The summed E-state index contributed by atoms with van der Waals surface area (Å²) >= 11 is 0. The molecule has 0 spiro atoms. The van der Waals surface area contributed by atoms with E-state index in [9.17, 15) is 4.79 Å². The molecule has 1 aromatic rings. The summed E-state index contributed by atoms with van der Waals surface area (Å²) in [5.74, 6) is -0.959. The maximum atomic E-state index is 11.1. The van der Waals surface area contributed by atoms with Gasteiger partial charge in [-0.1, -0.05) is 0 Å². The second-order valence-corrected chi connectivity index (χ2v) is 4.71. The molecule has 1 saturated heterocycles. The Balaban J connectivity index is 2.45. The van der Waals surface area contributed by atoms with E-state index in [2.05, 4.69) is 11.8 Å². The van der Waals surface area contributed by atoms with Gasteiger partial charge in [0.1, 0.15) is 0 Å². The third-order valence-electron chi connectivity index (χ3n) is 3.49. The molecule has 0 amide bonds. The number of aromatic carboxylic acids is 1. The van der Waals surface area contributed by atoms with Crippen LogP contribution in [0.15, 0.2) is 12.1 Å². The number of nitrogen functional groups attached to an aromatic ring is 1. The zero-order valence-corrected chi connectivity index (χ0v) is 10.2. The first kappa shape index (κ1) is 11.8. The van der Waals surface area contributed by atoms with E-state index in [4.69, 9.17) is 10.8 Å². The summed E-state index contributed by atoms with van der Waals surface area (Å²) in [6, 6.07) is 4.13. The molecule has 0 saturated carbocycles. The van der Waals surface area contributed by atoms with Crippen molar-refractivity contribution in [3.05, 3.63) is 23.3 Å². The van der Waals surface area contributed by atoms with Crippen molar-refractivity contribution in [1.29, 1.82) is 0 Å². The standard InChI is InChI=1S/C13H18N2O2/c1-8-6-10(15-5-3-4-9(15)2)7-11(12(8)14)13(16)17/h6-7,9H,3-5,14H2,1-2H3,(H,16,17). The average Bonchev–Trinajstić information content (AvgIpc) is 2.68. The fourth-order valence-electron chi connectivity index (χ4n) is 2.44. The van der Waals surface area contributed by atoms with Crippen LogP contribution in [0.5, 0.6) is 0 Å². The predicted molar refractivity (Wildman–Crippen MR) is 68.6 cm³/mol. The molecule has 0 aromatic heterocycles. The van der Waals surface area contributed by atoms with Crippen LogP contribution < -0.4 is 10.6 Å². The number of carboxylic acid groups (broad SMARTS) is 1. The number of benzene rings is 1. The van der Waals surface area contributed by atoms with Gasteiger partial charge in [0.15, 0.2) is 0 Å². The third kappa shape index (κ3) is 2.07. The Morgan fingerprint density at radius 1 is 1.53 bits per heavy atom. The summed E-state index contributed by atoms with van der Waals surface area (Å²) in [5, 5.41) is 9.12. The number of hydrogen-bond acceptors (Lipinski definition) is 3. The summed E-state index contributed by atoms with van der Waals surface area (Å²) < 4.78 is 0. The van der Waals surface area contributed by atoms with Crippen LogP contribution in [-0.2, 0) is 0 Å². The first-order valence-corrected chi connectivity index (χ1v) is 5.90. The Hall–Kier alpha value is -1.71. The maximum Gasteiger partial charge on any atom is 0.337 e. The molecule has 92 valence electrons. The van der Waals surface area contributed by atoms with Crippen molar-refractivity contribution in [1.82, 2.24) is 0 Å². The van der Waals surface area contributed by atoms with Crippen molar-refractivity contribution in [3.63, 3.8) is 0 Å². The third-order valence-corrected chi connectivity index (χ3v) is 3.49. The number of aryl methyl sites for hydroxylation is 1. The molecule has 1 atom stereocenters. The minimum atomic E-state index is -0.959. The summed E-state index contributed by atoms with van der Waals surface area (Å²) in [6.45, 7) is 5.01. The number of rotatable bonds is 2. The molecule has 4 heteroatoms. The highest BCUT2D eigenvalue weighted by Crippen LogP contribution is 2.30. The number of anilines is 2. The van der Waals surface area contributed by atoms with E-state index >= 15 is 0 Å². The van der Waals surface area contributed by atoms with Crippen molar-refractivity contribution >= 4 is 17.3 Å². The monoisotopic (exact) mass is 234 g/mol. The normalized spacial score (nSPS) is 19.6. The zero-order valence-electron chi connectivity index (χ0n) is 10.2. The SMILES string of the molecule is Cc1cc(N2CCCC2C)cc(C(=O)O)c1N. The topological polar surface area (TPSA) is 66.6 Å². The first-order chi connectivity index (χ1) is 8.00. The van der Waals surface area contributed by atoms with Crippen molar-refractivity contribution in [2.45, 2.75) is 32.7 Å². The van der Waals surface area contributed by atoms with Crippen molar-refractivity contribution < 1.29 is 9.90 Å². The van der Waals surface area contributed by atoms with Gasteiger partial charge in [0.2, 0.25) is 0 Å². The molecule has 1 heterocycles. The van der Waals surface area contributed by atoms with Crippen LogP contribution in [0, 0.1) is 6.92 Å². The lowest BCUT2D eigenvalue weighted by Crippen LogP contribution is -2.26. The minimum Gasteiger partial charge on any atom is -0.478 e. The van der Waals surface area contributed by atoms with Gasteiger partial charge in [-0.15, -0.1) is 0 Å². The molecule has 17 heavy (non-hydrogen) atoms. The molecule has 4 nitrogen and oxygen atoms in total. The van der Waals surface area contributed by atoms with E-state index in [1.807, 2.05) is 13.0 Å². The van der Waals surface area contributed by atoms with Crippen LogP contribution in [0.3, 0.4) is 0 Å². The van der Waals surface area contributed by atoms with Gasteiger partial charge in [0, 0.05) is 24.0 Å². The first-order valence-electron chi connectivity index (χ1n) is 5.90. The lowest BCUT2D eigenvalue weighted by Gasteiger charge is -2.25. The molecular formula is C13H18N2O2. The Bertz CT molecular complexity index is 457. The molecule has 2 rings (SSSR count). The van der Waals surface area contributed by atoms with E-state index < -0.39 is 5.97 Å². The van der Waals surface area contributed by atoms with Crippen LogP contribution >= 0.6 is 0 Å². The molecule has 0 radical (unpaired) electrons. The maximum absolute atomic E-state index is 11.1. The summed E-state index contributed by atoms with van der Waals surface area (Å²) in [4.78, 5) is 13.4. The number of hydrogen-bond donors (Lipinski definition) is 2. The second kappa shape index (κ2) is 4.28. The minimum absolute atomic E-state index is 0.208. The fourth-order valence-corrected chi connectivity index (χ4v) is 2.44. The average molecular weight is 234 g/mol. The van der Waals surface area contributed by atoms with E-state index in [1.165, 1.54) is 0 Å². The van der Waals surface area contributed by atoms with Gasteiger partial charge in [0.25, 0.3) is 0 Å². The van der Waals surface area contributed by atoms with Crippen molar-refractivity contribution in [3.8, 4) is 0 Å². The van der Waals surface area contributed by atoms with Gasteiger partial charge in [-0.3, -0.25) is 0 Å². The van der Waals surface area contributed by atoms with Gasteiger partial charge in [-0.2, -0.15) is 0 Å². The lowest BCUT2D eigenvalue weighted by atomic mass is 10.1. The summed E-state index contributed by atoms with van der Waals surface area (Å²) in [5.41, 5.74) is 8.17. The highest BCUT2D eigenvalue weighted by molar-refractivity contribution is 5.95. The molecule has 1 aliphatic heterocycles. The van der Waals surface area contributed by atoms with Gasteiger partial charge in [-0.25, -0.2) is 4.79 Å². The largest absolute Gasteiger partial charge is 0.478 e. The van der Waals surface area contributed by atoms with Crippen LogP contribution in [0.1, 0.15) is 35.7 Å². The lowest BCUT2D eigenvalue weighted by molar-refractivity contribution is 0.0698. The molecule has 1 unspecified atom stereocenters. The quantitative estimate of drug-likeness (QED) is 0.770. The Morgan fingerprint density at radius 3 is 2.76 bits per heavy atom. The van der Waals surface area contributed by atoms with Crippen molar-refractivity contribution in [2.75, 3.05) is 17.2 Å². The number of nitrogens with two attached hydrogens (primary N) is 1. The number of carbonyl (C=O) groups is 1. The fraction of sp³-hybridized carbons (Fsp3) is 0.462. The molecule has 0 bridgehead atoms. The Kier molecular flexibility index (Phi) is 2.96. The molecule has 1 aliphatic rings. The van der Waals surface area contributed by atoms with E-state index in [-0.39, 0.29) is 5.56 Å². The number of carboxylic acids is 1. The highest BCUT2D eigenvalue weighted by Gasteiger charge is 2.22. The van der Waals surface area contributed by atoms with Crippen LogP contribution in [0.2, 0.25) is 0 Å². The van der Waals surface area contributed by atoms with Crippen LogP contribution in [0.25, 0.3) is 0 Å². The highest BCUT2D eigenvalue weighted by atomic mass is 16.4. The van der Waals surface area contributed by atoms with Gasteiger partial charge in [-0.05, 0) is 44.4 Å². The van der Waals surface area contributed by atoms with E-state index in [0.717, 1.165) is 30.6 Å². The van der Waals surface area contributed by atoms with E-state index in [0.29, 0.717) is 11.7 Å². The number of nitrogens with zero attached hydrogens (tertiary/aromatic N) is 1. The van der Waals surface area contributed by atoms with Crippen LogP contribution in [-0.4, -0.2) is 23.7 Å². The Labute approximate surface area is 101 Å². The summed E-state index contributed by atoms with van der Waals surface area (Å²) in [7, 11) is 0.